The minimum Gasteiger partial charge on any atom is -0.507 e. The predicted molar refractivity (Wildman–Crippen MR) is 127 cm³/mol. The van der Waals surface area contributed by atoms with E-state index in [1.807, 2.05) is 31.2 Å². The summed E-state index contributed by atoms with van der Waals surface area (Å²) in [6.45, 7) is 2.76. The number of hydrogen-bond acceptors (Lipinski definition) is 6. The van der Waals surface area contributed by atoms with E-state index in [4.69, 9.17) is 9.47 Å². The lowest BCUT2D eigenvalue weighted by atomic mass is 9.98. The highest BCUT2D eigenvalue weighted by Gasteiger charge is 2.46. The summed E-state index contributed by atoms with van der Waals surface area (Å²) in [5.41, 5.74) is 1.71. The Morgan fingerprint density at radius 1 is 1.03 bits per heavy atom. The van der Waals surface area contributed by atoms with Gasteiger partial charge in [-0.05, 0) is 60.5 Å². The lowest BCUT2D eigenvalue weighted by Crippen LogP contribution is -2.29. The van der Waals surface area contributed by atoms with Gasteiger partial charge >= 0.3 is 0 Å². The van der Waals surface area contributed by atoms with Gasteiger partial charge in [-0.15, -0.1) is 0 Å². The molecule has 3 aromatic rings. The first-order valence-corrected chi connectivity index (χ1v) is 11.1. The molecule has 1 atom stereocenters. The number of amides is 1. The van der Waals surface area contributed by atoms with Crippen LogP contribution in [-0.4, -0.2) is 40.4 Å². The normalized spacial score (nSPS) is 17.1. The number of aromatic nitrogens is 1. The van der Waals surface area contributed by atoms with Crippen molar-refractivity contribution in [2.75, 3.05) is 13.7 Å². The highest BCUT2D eigenvalue weighted by atomic mass is 16.5. The summed E-state index contributed by atoms with van der Waals surface area (Å²) in [6.07, 6.45) is 2.48. The Morgan fingerprint density at radius 2 is 1.82 bits per heavy atom. The monoisotopic (exact) mass is 458 g/mol. The lowest BCUT2D eigenvalue weighted by molar-refractivity contribution is -0.140. The van der Waals surface area contributed by atoms with Gasteiger partial charge in [-0.25, -0.2) is 0 Å². The SMILES string of the molecule is CCCOc1ccc(/C(O)=C2/C(=O)C(=O)N(Cc3cccc(OC)c3)C2c2ccccn2)cc1. The van der Waals surface area contributed by atoms with Crippen molar-refractivity contribution < 1.29 is 24.2 Å². The molecule has 0 radical (unpaired) electrons. The molecule has 0 bridgehead atoms. The number of ketones is 1. The van der Waals surface area contributed by atoms with Crippen molar-refractivity contribution in [1.82, 2.24) is 9.88 Å². The Balaban J connectivity index is 1.76. The quantitative estimate of drug-likeness (QED) is 0.304. The van der Waals surface area contributed by atoms with E-state index in [0.717, 1.165) is 12.0 Å². The smallest absolute Gasteiger partial charge is 0.296 e. The molecule has 1 amide bonds. The molecule has 1 fully saturated rings. The number of ether oxygens (including phenoxy) is 2. The van der Waals surface area contributed by atoms with Gasteiger partial charge in [0, 0.05) is 18.3 Å². The van der Waals surface area contributed by atoms with Crippen molar-refractivity contribution in [3.05, 3.63) is 95.3 Å². The van der Waals surface area contributed by atoms with Gasteiger partial charge in [0.15, 0.2) is 0 Å². The molecule has 1 saturated heterocycles. The summed E-state index contributed by atoms with van der Waals surface area (Å²) in [7, 11) is 1.57. The second-order valence-corrected chi connectivity index (χ2v) is 7.91. The maximum absolute atomic E-state index is 13.1. The topological polar surface area (TPSA) is 89.0 Å². The summed E-state index contributed by atoms with van der Waals surface area (Å²) in [5, 5.41) is 11.2. The average Bonchev–Trinajstić information content (AvgIpc) is 3.13. The van der Waals surface area contributed by atoms with Crippen LogP contribution in [0.25, 0.3) is 5.76 Å². The molecule has 34 heavy (non-hydrogen) atoms. The zero-order valence-corrected chi connectivity index (χ0v) is 19.1. The van der Waals surface area contributed by atoms with Gasteiger partial charge in [0.05, 0.1) is 25.0 Å². The maximum Gasteiger partial charge on any atom is 0.296 e. The molecule has 7 heteroatoms. The molecule has 0 spiro atoms. The fraction of sp³-hybridized carbons (Fsp3) is 0.222. The second-order valence-electron chi connectivity index (χ2n) is 7.91. The number of aliphatic hydroxyl groups excluding tert-OH is 1. The third kappa shape index (κ3) is 4.64. The molecular weight excluding hydrogens is 432 g/mol. The molecule has 1 aliphatic rings. The van der Waals surface area contributed by atoms with Gasteiger partial charge in [-0.3, -0.25) is 14.6 Å². The standard InChI is InChI=1S/C27H26N2O5/c1-3-15-34-20-12-10-19(11-13-20)25(30)23-24(22-9-4-5-14-28-22)29(27(32)26(23)31)17-18-7-6-8-21(16-18)33-2/h4-14,16,24,30H,3,15,17H2,1-2H3/b25-23-. The number of carbonyl (C=O) groups is 2. The number of benzene rings is 2. The van der Waals surface area contributed by atoms with E-state index < -0.39 is 17.7 Å². The molecule has 1 aromatic heterocycles. The van der Waals surface area contributed by atoms with Gasteiger partial charge in [-0.1, -0.05) is 25.1 Å². The summed E-state index contributed by atoms with van der Waals surface area (Å²) in [5.74, 6) is -0.374. The Kier molecular flexibility index (Phi) is 6.92. The van der Waals surface area contributed by atoms with E-state index in [1.165, 1.54) is 4.90 Å². The van der Waals surface area contributed by atoms with Crippen LogP contribution in [0, 0.1) is 0 Å². The third-order valence-corrected chi connectivity index (χ3v) is 5.60. The third-order valence-electron chi connectivity index (χ3n) is 5.60. The van der Waals surface area contributed by atoms with Crippen LogP contribution in [0.3, 0.4) is 0 Å². The molecule has 1 N–H and O–H groups in total. The molecular formula is C27H26N2O5. The second kappa shape index (κ2) is 10.2. The van der Waals surface area contributed by atoms with Crippen molar-refractivity contribution in [1.29, 1.82) is 0 Å². The van der Waals surface area contributed by atoms with Crippen molar-refractivity contribution >= 4 is 17.4 Å². The fourth-order valence-electron chi connectivity index (χ4n) is 3.94. The minimum absolute atomic E-state index is 0.00817. The molecule has 4 rings (SSSR count). The summed E-state index contributed by atoms with van der Waals surface area (Å²) in [6, 6.07) is 18.5. The van der Waals surface area contributed by atoms with Crippen molar-refractivity contribution in [2.45, 2.75) is 25.9 Å². The van der Waals surface area contributed by atoms with Crippen LogP contribution in [-0.2, 0) is 16.1 Å². The van der Waals surface area contributed by atoms with Crippen LogP contribution < -0.4 is 9.47 Å². The number of rotatable bonds is 8. The minimum atomic E-state index is -0.830. The molecule has 0 aliphatic carbocycles. The first kappa shape index (κ1) is 23.0. The van der Waals surface area contributed by atoms with E-state index in [-0.39, 0.29) is 17.9 Å². The average molecular weight is 459 g/mol. The number of pyridine rings is 1. The number of aliphatic hydroxyl groups is 1. The van der Waals surface area contributed by atoms with Crippen LogP contribution in [0.5, 0.6) is 11.5 Å². The highest BCUT2D eigenvalue weighted by molar-refractivity contribution is 6.46. The summed E-state index contributed by atoms with van der Waals surface area (Å²) in [4.78, 5) is 32.1. The maximum atomic E-state index is 13.1. The molecule has 1 unspecified atom stereocenters. The zero-order valence-electron chi connectivity index (χ0n) is 19.1. The fourth-order valence-corrected chi connectivity index (χ4v) is 3.94. The van der Waals surface area contributed by atoms with Crippen molar-refractivity contribution in [3.8, 4) is 11.5 Å². The number of carbonyl (C=O) groups excluding carboxylic acids is 2. The van der Waals surface area contributed by atoms with Crippen LogP contribution >= 0.6 is 0 Å². The van der Waals surface area contributed by atoms with Gasteiger partial charge in [0.25, 0.3) is 11.7 Å². The predicted octanol–water partition coefficient (Wildman–Crippen LogP) is 4.50. The Labute approximate surface area is 198 Å². The first-order valence-electron chi connectivity index (χ1n) is 11.1. The van der Waals surface area contributed by atoms with Gasteiger partial charge in [0.2, 0.25) is 0 Å². The van der Waals surface area contributed by atoms with Crippen molar-refractivity contribution in [2.24, 2.45) is 0 Å². The number of nitrogens with zero attached hydrogens (tertiary/aromatic N) is 2. The number of methoxy groups -OCH3 is 1. The Hall–Kier alpha value is -4.13. The summed E-state index contributed by atoms with van der Waals surface area (Å²) < 4.78 is 10.9. The van der Waals surface area contributed by atoms with E-state index in [1.54, 1.807) is 55.8 Å². The van der Waals surface area contributed by atoms with Gasteiger partial charge < -0.3 is 19.5 Å². The van der Waals surface area contributed by atoms with E-state index in [9.17, 15) is 14.7 Å². The molecule has 0 saturated carbocycles. The molecule has 2 heterocycles. The zero-order chi connectivity index (χ0) is 24.1. The molecule has 2 aromatic carbocycles. The van der Waals surface area contributed by atoms with Crippen LogP contribution in [0.2, 0.25) is 0 Å². The van der Waals surface area contributed by atoms with Gasteiger partial charge in [0.1, 0.15) is 23.3 Å². The number of Topliss-reactive ketones (excluding diaryl/α,β-unsaturated/α-hetero) is 1. The molecule has 7 nitrogen and oxygen atoms in total. The van der Waals surface area contributed by atoms with Crippen LogP contribution in [0.1, 0.15) is 36.2 Å². The Morgan fingerprint density at radius 3 is 2.50 bits per heavy atom. The molecule has 174 valence electrons. The largest absolute Gasteiger partial charge is 0.507 e. The Bertz CT molecular complexity index is 1210. The van der Waals surface area contributed by atoms with E-state index >= 15 is 0 Å². The number of likely N-dealkylation sites (tertiary alicyclic amines) is 1. The highest BCUT2D eigenvalue weighted by Crippen LogP contribution is 2.39. The molecule has 1 aliphatic heterocycles. The van der Waals surface area contributed by atoms with Gasteiger partial charge in [-0.2, -0.15) is 0 Å². The summed E-state index contributed by atoms with van der Waals surface area (Å²) >= 11 is 0. The van der Waals surface area contributed by atoms with Crippen LogP contribution in [0.4, 0.5) is 0 Å². The first-order chi connectivity index (χ1) is 16.5. The van der Waals surface area contributed by atoms with E-state index in [0.29, 0.717) is 29.4 Å². The van der Waals surface area contributed by atoms with Crippen LogP contribution in [0.15, 0.2) is 78.5 Å². The van der Waals surface area contributed by atoms with Crippen molar-refractivity contribution in [3.63, 3.8) is 0 Å². The lowest BCUT2D eigenvalue weighted by Gasteiger charge is -2.24. The van der Waals surface area contributed by atoms with E-state index in [2.05, 4.69) is 4.98 Å². The number of hydrogen-bond donors (Lipinski definition) is 1.